The lowest BCUT2D eigenvalue weighted by Gasteiger charge is -2.38. The highest BCUT2D eigenvalue weighted by atomic mass is 35.5. The Balaban J connectivity index is 1.81. The fourth-order valence-electron chi connectivity index (χ4n) is 5.20. The number of likely N-dealkylation sites (N-methyl/N-ethyl adjacent to an activating group) is 1. The van der Waals surface area contributed by atoms with Crippen molar-refractivity contribution in [3.63, 3.8) is 0 Å². The van der Waals surface area contributed by atoms with E-state index in [1.165, 1.54) is 37.7 Å². The zero-order valence-electron chi connectivity index (χ0n) is 16.0. The van der Waals surface area contributed by atoms with Gasteiger partial charge in [-0.2, -0.15) is 0 Å². The minimum Gasteiger partial charge on any atom is -0.389 e. The molecule has 1 aliphatic carbocycles. The standard InChI is InChI=1S/C23H29ClN2O/c1-25-15-20(27)21(17-9-4-2-5-10-17)26-16-23(13-6-3-7-14-23)18-11-8-12-19(24)22(18)26/h2,4-5,8-12,20-21,25,27H,3,6-7,13-16H2,1H3/t20-,21+/m1/s1. The molecule has 1 spiro atoms. The predicted octanol–water partition coefficient (Wildman–Crippen LogP) is 4.68. The predicted molar refractivity (Wildman–Crippen MR) is 113 cm³/mol. The van der Waals surface area contributed by atoms with Gasteiger partial charge in [0, 0.05) is 18.5 Å². The summed E-state index contributed by atoms with van der Waals surface area (Å²) in [5.74, 6) is 0. The fourth-order valence-corrected chi connectivity index (χ4v) is 5.48. The van der Waals surface area contributed by atoms with Crippen LogP contribution in [0.25, 0.3) is 0 Å². The number of benzene rings is 2. The average molecular weight is 385 g/mol. The number of hydrogen-bond donors (Lipinski definition) is 2. The summed E-state index contributed by atoms with van der Waals surface area (Å²) >= 11 is 6.74. The van der Waals surface area contributed by atoms with Crippen LogP contribution in [0.2, 0.25) is 5.02 Å². The van der Waals surface area contributed by atoms with Crippen LogP contribution in [0.4, 0.5) is 5.69 Å². The van der Waals surface area contributed by atoms with E-state index in [1.807, 2.05) is 31.3 Å². The van der Waals surface area contributed by atoms with Crippen molar-refractivity contribution in [2.45, 2.75) is 49.7 Å². The van der Waals surface area contributed by atoms with Gasteiger partial charge in [0.2, 0.25) is 0 Å². The molecule has 2 aromatic rings. The first-order valence-corrected chi connectivity index (χ1v) is 10.5. The van der Waals surface area contributed by atoms with E-state index < -0.39 is 6.10 Å². The van der Waals surface area contributed by atoms with Gasteiger partial charge in [-0.15, -0.1) is 0 Å². The van der Waals surface area contributed by atoms with Crippen LogP contribution in [0, 0.1) is 0 Å². The van der Waals surface area contributed by atoms with Crippen LogP contribution in [0.15, 0.2) is 48.5 Å². The van der Waals surface area contributed by atoms with E-state index in [2.05, 4.69) is 34.5 Å². The Morgan fingerprint density at radius 1 is 1.07 bits per heavy atom. The van der Waals surface area contributed by atoms with Crippen LogP contribution in [0.3, 0.4) is 0 Å². The number of aliphatic hydroxyl groups is 1. The van der Waals surface area contributed by atoms with Gasteiger partial charge in [0.15, 0.2) is 0 Å². The van der Waals surface area contributed by atoms with Gasteiger partial charge < -0.3 is 15.3 Å². The van der Waals surface area contributed by atoms with Crippen LogP contribution < -0.4 is 10.2 Å². The third kappa shape index (κ3) is 3.37. The van der Waals surface area contributed by atoms with Crippen molar-refractivity contribution in [3.05, 3.63) is 64.7 Å². The summed E-state index contributed by atoms with van der Waals surface area (Å²) in [5, 5.41) is 15.0. The number of aliphatic hydroxyl groups excluding tert-OH is 1. The molecule has 27 heavy (non-hydrogen) atoms. The molecule has 4 heteroatoms. The molecule has 1 fully saturated rings. The number of halogens is 1. The summed E-state index contributed by atoms with van der Waals surface area (Å²) in [5.41, 5.74) is 3.82. The Morgan fingerprint density at radius 2 is 1.81 bits per heavy atom. The van der Waals surface area contributed by atoms with Crippen molar-refractivity contribution >= 4 is 17.3 Å². The highest BCUT2D eigenvalue weighted by molar-refractivity contribution is 6.33. The summed E-state index contributed by atoms with van der Waals surface area (Å²) in [6, 6.07) is 16.6. The minimum absolute atomic E-state index is 0.112. The summed E-state index contributed by atoms with van der Waals surface area (Å²) in [4.78, 5) is 2.39. The molecule has 0 aromatic heterocycles. The average Bonchev–Trinajstić information content (AvgIpc) is 2.99. The molecule has 2 aliphatic rings. The van der Waals surface area contributed by atoms with Gasteiger partial charge in [0.05, 0.1) is 22.9 Å². The maximum absolute atomic E-state index is 11.1. The van der Waals surface area contributed by atoms with Gasteiger partial charge >= 0.3 is 0 Å². The maximum Gasteiger partial charge on any atom is 0.0909 e. The highest BCUT2D eigenvalue weighted by Gasteiger charge is 2.47. The molecule has 2 atom stereocenters. The van der Waals surface area contributed by atoms with E-state index >= 15 is 0 Å². The van der Waals surface area contributed by atoms with E-state index in [0.29, 0.717) is 6.54 Å². The first-order chi connectivity index (χ1) is 13.2. The highest BCUT2D eigenvalue weighted by Crippen LogP contribution is 2.54. The fraction of sp³-hybridized carbons (Fsp3) is 0.478. The van der Waals surface area contributed by atoms with Crippen molar-refractivity contribution in [1.82, 2.24) is 5.32 Å². The van der Waals surface area contributed by atoms with Gasteiger partial charge in [-0.1, -0.05) is 73.3 Å². The Morgan fingerprint density at radius 3 is 2.52 bits per heavy atom. The number of rotatable bonds is 5. The largest absolute Gasteiger partial charge is 0.389 e. The monoisotopic (exact) mass is 384 g/mol. The third-order valence-electron chi connectivity index (χ3n) is 6.38. The molecule has 0 amide bonds. The smallest absolute Gasteiger partial charge is 0.0909 e. The molecule has 144 valence electrons. The second-order valence-electron chi connectivity index (χ2n) is 8.09. The second-order valence-corrected chi connectivity index (χ2v) is 8.49. The molecule has 3 nitrogen and oxygen atoms in total. The van der Waals surface area contributed by atoms with Gasteiger partial charge in [-0.25, -0.2) is 0 Å². The van der Waals surface area contributed by atoms with E-state index in [4.69, 9.17) is 11.6 Å². The molecule has 2 aromatic carbocycles. The zero-order valence-corrected chi connectivity index (χ0v) is 16.8. The zero-order chi connectivity index (χ0) is 18.9. The van der Waals surface area contributed by atoms with Gasteiger partial charge in [0.25, 0.3) is 0 Å². The third-order valence-corrected chi connectivity index (χ3v) is 6.69. The lowest BCUT2D eigenvalue weighted by atomic mass is 9.71. The Labute approximate surface area is 167 Å². The Kier molecular flexibility index (Phi) is 5.45. The second kappa shape index (κ2) is 7.83. The topological polar surface area (TPSA) is 35.5 Å². The van der Waals surface area contributed by atoms with Gasteiger partial charge in [-0.05, 0) is 37.1 Å². The molecule has 1 aliphatic heterocycles. The van der Waals surface area contributed by atoms with Crippen molar-refractivity contribution in [2.24, 2.45) is 0 Å². The van der Waals surface area contributed by atoms with Crippen molar-refractivity contribution in [2.75, 3.05) is 25.0 Å². The molecule has 0 saturated heterocycles. The normalized spacial score (nSPS) is 20.5. The quantitative estimate of drug-likeness (QED) is 0.785. The van der Waals surface area contributed by atoms with Gasteiger partial charge in [-0.3, -0.25) is 0 Å². The van der Waals surface area contributed by atoms with E-state index in [9.17, 15) is 5.11 Å². The number of para-hydroxylation sites is 1. The van der Waals surface area contributed by atoms with Crippen LogP contribution in [0.5, 0.6) is 0 Å². The minimum atomic E-state index is -0.514. The Bertz CT molecular complexity index is 773. The molecule has 1 saturated carbocycles. The molecule has 0 unspecified atom stereocenters. The van der Waals surface area contributed by atoms with E-state index in [-0.39, 0.29) is 11.5 Å². The summed E-state index contributed by atoms with van der Waals surface area (Å²) in [6.45, 7) is 1.48. The van der Waals surface area contributed by atoms with E-state index in [1.54, 1.807) is 0 Å². The van der Waals surface area contributed by atoms with Crippen LogP contribution in [-0.2, 0) is 5.41 Å². The van der Waals surface area contributed by atoms with Crippen molar-refractivity contribution in [3.8, 4) is 0 Å². The molecule has 2 N–H and O–H groups in total. The van der Waals surface area contributed by atoms with Crippen LogP contribution in [0.1, 0.15) is 49.3 Å². The summed E-state index contributed by atoms with van der Waals surface area (Å²) in [7, 11) is 1.89. The van der Waals surface area contributed by atoms with Crippen LogP contribution >= 0.6 is 11.6 Å². The Hall–Kier alpha value is -1.55. The first-order valence-electron chi connectivity index (χ1n) is 10.1. The van der Waals surface area contributed by atoms with Gasteiger partial charge in [0.1, 0.15) is 0 Å². The summed E-state index contributed by atoms with van der Waals surface area (Å²) in [6.07, 6.45) is 5.77. The first kappa shape index (κ1) is 18.8. The van der Waals surface area contributed by atoms with E-state index in [0.717, 1.165) is 22.8 Å². The molecule has 1 heterocycles. The molecule has 0 radical (unpaired) electrons. The number of nitrogens with one attached hydrogen (secondary N) is 1. The molecular formula is C23H29ClN2O. The van der Waals surface area contributed by atoms with Crippen molar-refractivity contribution in [1.29, 1.82) is 0 Å². The molecule has 0 bridgehead atoms. The van der Waals surface area contributed by atoms with Crippen LogP contribution in [-0.4, -0.2) is 31.3 Å². The maximum atomic E-state index is 11.1. The SMILES string of the molecule is CNC[C@@H](O)[C@H](c1ccccc1)N1CC2(CCCCC2)c2cccc(Cl)c21. The number of anilines is 1. The molecular weight excluding hydrogens is 356 g/mol. The summed E-state index contributed by atoms with van der Waals surface area (Å²) < 4.78 is 0. The number of nitrogens with zero attached hydrogens (tertiary/aromatic N) is 1. The lowest BCUT2D eigenvalue weighted by molar-refractivity contribution is 0.138. The molecule has 4 rings (SSSR count). The number of fused-ring (bicyclic) bond motifs is 2. The number of hydrogen-bond acceptors (Lipinski definition) is 3. The van der Waals surface area contributed by atoms with Crippen molar-refractivity contribution < 1.29 is 5.11 Å². The lowest BCUT2D eigenvalue weighted by Crippen LogP contribution is -2.43.